The van der Waals surface area contributed by atoms with E-state index < -0.39 is 0 Å². The van der Waals surface area contributed by atoms with Crippen molar-refractivity contribution >= 4 is 5.57 Å². The molecule has 0 aromatic carbocycles. The Labute approximate surface area is 176 Å². The second kappa shape index (κ2) is 9.67. The number of allylic oxidation sites excluding steroid dienone is 2. The molecule has 2 aromatic rings. The van der Waals surface area contributed by atoms with Crippen LogP contribution in [-0.2, 0) is 11.2 Å². The molecule has 3 nitrogen and oxygen atoms in total. The van der Waals surface area contributed by atoms with Crippen LogP contribution in [0, 0.1) is 5.92 Å². The molecule has 0 bridgehead atoms. The fraction of sp³-hybridized carbons (Fsp3) is 0.538. The maximum absolute atomic E-state index is 5.34. The maximum atomic E-state index is 5.34. The topological polar surface area (TPSA) is 35.0 Å². The average Bonchev–Trinajstić information content (AvgIpc) is 2.83. The first-order valence-corrected chi connectivity index (χ1v) is 11.1. The number of ether oxygens (including phenoxy) is 1. The highest BCUT2D eigenvalue weighted by atomic mass is 16.5. The van der Waals surface area contributed by atoms with Crippen LogP contribution in [0.3, 0.4) is 0 Å². The number of fused-ring (bicyclic) bond motifs is 1. The van der Waals surface area contributed by atoms with Crippen molar-refractivity contribution in [2.75, 3.05) is 13.7 Å². The Morgan fingerprint density at radius 2 is 1.93 bits per heavy atom. The van der Waals surface area contributed by atoms with Gasteiger partial charge in [0.05, 0.1) is 17.1 Å². The number of methoxy groups -OCH3 is 1. The van der Waals surface area contributed by atoms with Crippen LogP contribution in [0.15, 0.2) is 30.3 Å². The van der Waals surface area contributed by atoms with E-state index in [9.17, 15) is 0 Å². The second-order valence-corrected chi connectivity index (χ2v) is 8.72. The van der Waals surface area contributed by atoms with Gasteiger partial charge in [0.1, 0.15) is 0 Å². The lowest BCUT2D eigenvalue weighted by Gasteiger charge is -2.23. The normalized spacial score (nSPS) is 19.1. The van der Waals surface area contributed by atoms with Crippen LogP contribution in [0.5, 0.6) is 0 Å². The molecular formula is C26H36N2O. The number of aryl methyl sites for hydroxylation is 1. The highest BCUT2D eigenvalue weighted by molar-refractivity contribution is 5.70. The zero-order valence-corrected chi connectivity index (χ0v) is 19.0. The molecular weight excluding hydrogens is 356 g/mol. The Hall–Kier alpha value is -2.00. The van der Waals surface area contributed by atoms with E-state index in [-0.39, 0.29) is 0 Å². The van der Waals surface area contributed by atoms with E-state index in [2.05, 4.69) is 65.0 Å². The quantitative estimate of drug-likeness (QED) is 0.521. The molecule has 29 heavy (non-hydrogen) atoms. The standard InChI is InChI=1S/C26H36N2O/c1-7-8-24-22(12-13-23(27-24)17(2)3)25-14-11-21-19(5)20(15-16-29-6)10-9-18(4)26(21)28-25/h9,11-14,17,19-20H,7-8,10,15-16H2,1-6H3/t19-,20?/m1/s1. The van der Waals surface area contributed by atoms with Gasteiger partial charge in [-0.2, -0.15) is 0 Å². The molecule has 0 aliphatic heterocycles. The van der Waals surface area contributed by atoms with Gasteiger partial charge < -0.3 is 4.74 Å². The molecule has 0 saturated carbocycles. The summed E-state index contributed by atoms with van der Waals surface area (Å²) < 4.78 is 5.34. The lowest BCUT2D eigenvalue weighted by atomic mass is 9.84. The van der Waals surface area contributed by atoms with E-state index in [0.29, 0.717) is 17.8 Å². The highest BCUT2D eigenvalue weighted by Gasteiger charge is 2.25. The molecule has 0 amide bonds. The van der Waals surface area contributed by atoms with E-state index in [0.717, 1.165) is 49.4 Å². The van der Waals surface area contributed by atoms with E-state index in [4.69, 9.17) is 14.7 Å². The van der Waals surface area contributed by atoms with Crippen molar-refractivity contribution in [1.82, 2.24) is 9.97 Å². The average molecular weight is 393 g/mol. The molecule has 0 radical (unpaired) electrons. The number of aromatic nitrogens is 2. The molecule has 0 N–H and O–H groups in total. The third-order valence-electron chi connectivity index (χ3n) is 6.27. The first kappa shape index (κ1) is 21.7. The van der Waals surface area contributed by atoms with Crippen LogP contribution in [0.1, 0.15) is 88.4 Å². The minimum Gasteiger partial charge on any atom is -0.385 e. The second-order valence-electron chi connectivity index (χ2n) is 8.72. The molecule has 1 unspecified atom stereocenters. The predicted molar refractivity (Wildman–Crippen MR) is 122 cm³/mol. The zero-order chi connectivity index (χ0) is 21.0. The molecule has 1 aliphatic rings. The van der Waals surface area contributed by atoms with Gasteiger partial charge in [0.25, 0.3) is 0 Å². The van der Waals surface area contributed by atoms with Crippen molar-refractivity contribution in [2.45, 2.75) is 72.1 Å². The smallest absolute Gasteiger partial charge is 0.0727 e. The molecule has 1 aliphatic carbocycles. The van der Waals surface area contributed by atoms with Crippen molar-refractivity contribution in [2.24, 2.45) is 5.92 Å². The first-order chi connectivity index (χ1) is 14.0. The summed E-state index contributed by atoms with van der Waals surface area (Å²) in [5, 5.41) is 0. The summed E-state index contributed by atoms with van der Waals surface area (Å²) in [6, 6.07) is 8.89. The van der Waals surface area contributed by atoms with Crippen molar-refractivity contribution in [3.05, 3.63) is 53.0 Å². The zero-order valence-electron chi connectivity index (χ0n) is 19.0. The predicted octanol–water partition coefficient (Wildman–Crippen LogP) is 6.78. The van der Waals surface area contributed by atoms with Gasteiger partial charge in [-0.3, -0.25) is 4.98 Å². The molecule has 156 valence electrons. The Morgan fingerprint density at radius 1 is 1.14 bits per heavy atom. The molecule has 0 fully saturated rings. The van der Waals surface area contributed by atoms with Gasteiger partial charge in [0.15, 0.2) is 0 Å². The van der Waals surface area contributed by atoms with E-state index in [1.54, 1.807) is 7.11 Å². The fourth-order valence-corrected chi connectivity index (χ4v) is 4.32. The molecule has 0 saturated heterocycles. The lowest BCUT2D eigenvalue weighted by molar-refractivity contribution is 0.172. The van der Waals surface area contributed by atoms with Crippen LogP contribution in [0.4, 0.5) is 0 Å². The van der Waals surface area contributed by atoms with Crippen LogP contribution in [0.2, 0.25) is 0 Å². The minimum absolute atomic E-state index is 0.440. The van der Waals surface area contributed by atoms with Gasteiger partial charge in [0, 0.05) is 25.0 Å². The number of nitrogens with zero attached hydrogens (tertiary/aromatic N) is 2. The minimum atomic E-state index is 0.440. The van der Waals surface area contributed by atoms with E-state index >= 15 is 0 Å². The lowest BCUT2D eigenvalue weighted by Crippen LogP contribution is -2.12. The molecule has 2 heterocycles. The largest absolute Gasteiger partial charge is 0.385 e. The molecule has 2 aromatic heterocycles. The van der Waals surface area contributed by atoms with E-state index in [1.165, 1.54) is 22.4 Å². The molecule has 2 atom stereocenters. The summed E-state index contributed by atoms with van der Waals surface area (Å²) in [4.78, 5) is 10.1. The van der Waals surface area contributed by atoms with Crippen LogP contribution >= 0.6 is 0 Å². The van der Waals surface area contributed by atoms with Crippen LogP contribution < -0.4 is 0 Å². The molecule has 0 spiro atoms. The number of hydrogen-bond acceptors (Lipinski definition) is 3. The monoisotopic (exact) mass is 392 g/mol. The van der Waals surface area contributed by atoms with Crippen molar-refractivity contribution in [3.8, 4) is 11.3 Å². The summed E-state index contributed by atoms with van der Waals surface area (Å²) in [7, 11) is 1.79. The number of rotatable bonds is 7. The van der Waals surface area contributed by atoms with Gasteiger partial charge >= 0.3 is 0 Å². The van der Waals surface area contributed by atoms with Crippen LogP contribution in [0.25, 0.3) is 16.8 Å². The molecule has 3 rings (SSSR count). The third-order valence-corrected chi connectivity index (χ3v) is 6.27. The van der Waals surface area contributed by atoms with Gasteiger partial charge in [-0.15, -0.1) is 0 Å². The van der Waals surface area contributed by atoms with Crippen molar-refractivity contribution in [1.29, 1.82) is 0 Å². The summed E-state index contributed by atoms with van der Waals surface area (Å²) in [5.41, 5.74) is 8.38. The number of pyridine rings is 2. The van der Waals surface area contributed by atoms with Gasteiger partial charge in [-0.1, -0.05) is 46.3 Å². The van der Waals surface area contributed by atoms with Crippen LogP contribution in [-0.4, -0.2) is 23.7 Å². The fourth-order valence-electron chi connectivity index (χ4n) is 4.32. The third kappa shape index (κ3) is 4.78. The highest BCUT2D eigenvalue weighted by Crippen LogP contribution is 2.38. The van der Waals surface area contributed by atoms with Crippen molar-refractivity contribution in [3.63, 3.8) is 0 Å². The van der Waals surface area contributed by atoms with Gasteiger partial charge in [-0.25, -0.2) is 4.98 Å². The van der Waals surface area contributed by atoms with Gasteiger partial charge in [0.2, 0.25) is 0 Å². The van der Waals surface area contributed by atoms with E-state index in [1.807, 2.05) is 0 Å². The Balaban J connectivity index is 2.03. The summed E-state index contributed by atoms with van der Waals surface area (Å²) >= 11 is 0. The molecule has 3 heteroatoms. The Bertz CT molecular complexity index is 869. The SMILES string of the molecule is CCCc1nc(C(C)C)ccc1-c1ccc2c(n1)C(C)=CCC(CCOC)[C@H]2C. The Morgan fingerprint density at radius 3 is 2.62 bits per heavy atom. The summed E-state index contributed by atoms with van der Waals surface area (Å²) in [5.74, 6) is 1.52. The summed E-state index contributed by atoms with van der Waals surface area (Å²) in [6.45, 7) is 12.0. The van der Waals surface area contributed by atoms with Gasteiger partial charge in [-0.05, 0) is 73.3 Å². The Kier molecular flexibility index (Phi) is 7.23. The number of hydrogen-bond donors (Lipinski definition) is 0. The first-order valence-electron chi connectivity index (χ1n) is 11.1. The summed E-state index contributed by atoms with van der Waals surface area (Å²) in [6.07, 6.45) is 6.62. The van der Waals surface area contributed by atoms with Crippen molar-refractivity contribution < 1.29 is 4.74 Å². The maximum Gasteiger partial charge on any atom is 0.0727 e.